The van der Waals surface area contributed by atoms with E-state index in [-0.39, 0.29) is 18.7 Å². The molecule has 0 aromatic carbocycles. The fraction of sp³-hybridized carbons (Fsp3) is 0.714. The summed E-state index contributed by atoms with van der Waals surface area (Å²) in [5.74, 6) is -0.709. The molecule has 2 amide bonds. The fourth-order valence-corrected chi connectivity index (χ4v) is 0.747. The monoisotopic (exact) mass is 199 g/mol. The van der Waals surface area contributed by atoms with Gasteiger partial charge in [0, 0.05) is 30.8 Å². The van der Waals surface area contributed by atoms with E-state index in [0.717, 1.165) is 0 Å². The van der Waals surface area contributed by atoms with Gasteiger partial charge in [0.05, 0.1) is 0 Å². The maximum atomic E-state index is 11.0. The standard InChI is InChI=1S/C7H13N5O2/c8-6(13)2-3-7(14)10-4-1-5-11-12-9/h1-5H2,(H2,8,13)(H,10,14). The number of nitrogens with two attached hydrogens (primary N) is 1. The molecular weight excluding hydrogens is 186 g/mol. The van der Waals surface area contributed by atoms with Crippen LogP contribution in [-0.2, 0) is 9.59 Å². The minimum atomic E-state index is -0.491. The van der Waals surface area contributed by atoms with Crippen LogP contribution in [0.5, 0.6) is 0 Å². The summed E-state index contributed by atoms with van der Waals surface area (Å²) in [6, 6.07) is 0. The quantitative estimate of drug-likeness (QED) is 0.261. The van der Waals surface area contributed by atoms with Crippen LogP contribution in [0.25, 0.3) is 10.4 Å². The van der Waals surface area contributed by atoms with Gasteiger partial charge in [-0.2, -0.15) is 0 Å². The molecule has 0 rings (SSSR count). The normalized spacial score (nSPS) is 8.86. The van der Waals surface area contributed by atoms with Gasteiger partial charge in [0.1, 0.15) is 0 Å². The van der Waals surface area contributed by atoms with Crippen LogP contribution in [0.1, 0.15) is 19.3 Å². The number of primary amides is 1. The van der Waals surface area contributed by atoms with E-state index in [1.165, 1.54) is 0 Å². The Morgan fingerprint density at radius 1 is 1.43 bits per heavy atom. The first kappa shape index (κ1) is 12.2. The first-order valence-electron chi connectivity index (χ1n) is 4.22. The highest BCUT2D eigenvalue weighted by molar-refractivity contribution is 5.82. The van der Waals surface area contributed by atoms with Gasteiger partial charge in [-0.1, -0.05) is 5.11 Å². The first-order chi connectivity index (χ1) is 6.66. The van der Waals surface area contributed by atoms with Crippen LogP contribution in [0, 0.1) is 0 Å². The van der Waals surface area contributed by atoms with Gasteiger partial charge in [0.25, 0.3) is 0 Å². The Morgan fingerprint density at radius 2 is 2.14 bits per heavy atom. The van der Waals surface area contributed by atoms with Gasteiger partial charge < -0.3 is 11.1 Å². The average Bonchev–Trinajstić information content (AvgIpc) is 2.14. The molecule has 0 aliphatic heterocycles. The molecule has 0 unspecified atom stereocenters. The van der Waals surface area contributed by atoms with Crippen LogP contribution in [0.3, 0.4) is 0 Å². The fourth-order valence-electron chi connectivity index (χ4n) is 0.747. The molecule has 0 aliphatic carbocycles. The van der Waals surface area contributed by atoms with Crippen molar-refractivity contribution in [3.8, 4) is 0 Å². The Labute approximate surface area is 81.3 Å². The van der Waals surface area contributed by atoms with E-state index in [1.807, 2.05) is 0 Å². The molecule has 78 valence electrons. The number of nitrogens with zero attached hydrogens (tertiary/aromatic N) is 3. The Balaban J connectivity index is 3.35. The number of nitrogens with one attached hydrogen (secondary N) is 1. The van der Waals surface area contributed by atoms with Gasteiger partial charge in [-0.25, -0.2) is 0 Å². The Kier molecular flexibility index (Phi) is 6.89. The molecule has 0 aliphatic rings. The van der Waals surface area contributed by atoms with Crippen LogP contribution in [-0.4, -0.2) is 24.9 Å². The molecule has 0 heterocycles. The molecule has 14 heavy (non-hydrogen) atoms. The summed E-state index contributed by atoms with van der Waals surface area (Å²) < 4.78 is 0. The van der Waals surface area contributed by atoms with Gasteiger partial charge in [-0.05, 0) is 12.0 Å². The van der Waals surface area contributed by atoms with Gasteiger partial charge in [0.2, 0.25) is 11.8 Å². The molecule has 3 N–H and O–H groups in total. The Bertz CT molecular complexity index is 246. The predicted octanol–water partition coefficient (Wildman–Crippen LogP) is 0.0685. The van der Waals surface area contributed by atoms with E-state index in [1.54, 1.807) is 0 Å². The van der Waals surface area contributed by atoms with Crippen LogP contribution in [0.4, 0.5) is 0 Å². The Hall–Kier alpha value is -1.75. The maximum absolute atomic E-state index is 11.0. The number of hydrogen-bond acceptors (Lipinski definition) is 3. The molecule has 7 nitrogen and oxygen atoms in total. The molecule has 0 aromatic heterocycles. The number of carbonyl (C=O) groups is 2. The molecule has 0 fully saturated rings. The summed E-state index contributed by atoms with van der Waals surface area (Å²) >= 11 is 0. The predicted molar refractivity (Wildman–Crippen MR) is 50.1 cm³/mol. The number of azide groups is 1. The van der Waals surface area contributed by atoms with Crippen molar-refractivity contribution >= 4 is 11.8 Å². The molecule has 0 aromatic rings. The summed E-state index contributed by atoms with van der Waals surface area (Å²) in [6.07, 6.45) is 0.755. The summed E-state index contributed by atoms with van der Waals surface area (Å²) in [6.45, 7) is 0.795. The lowest BCUT2D eigenvalue weighted by Gasteiger charge is -2.01. The smallest absolute Gasteiger partial charge is 0.220 e. The van der Waals surface area contributed by atoms with E-state index >= 15 is 0 Å². The summed E-state index contributed by atoms with van der Waals surface area (Å²) in [4.78, 5) is 23.8. The number of carbonyl (C=O) groups excluding carboxylic acids is 2. The summed E-state index contributed by atoms with van der Waals surface area (Å²) in [5.41, 5.74) is 12.8. The molecule has 0 atom stereocenters. The van der Waals surface area contributed by atoms with E-state index in [9.17, 15) is 9.59 Å². The van der Waals surface area contributed by atoms with Crippen LogP contribution < -0.4 is 11.1 Å². The molecule has 0 saturated heterocycles. The highest BCUT2D eigenvalue weighted by Gasteiger charge is 2.02. The molecule has 7 heteroatoms. The largest absolute Gasteiger partial charge is 0.370 e. The molecule has 0 saturated carbocycles. The maximum Gasteiger partial charge on any atom is 0.220 e. The lowest BCUT2D eigenvalue weighted by molar-refractivity contribution is -0.125. The highest BCUT2D eigenvalue weighted by atomic mass is 16.2. The van der Waals surface area contributed by atoms with Gasteiger partial charge in [-0.15, -0.1) is 0 Å². The van der Waals surface area contributed by atoms with Crippen molar-refractivity contribution in [2.75, 3.05) is 13.1 Å². The van der Waals surface area contributed by atoms with Crippen molar-refractivity contribution in [2.45, 2.75) is 19.3 Å². The van der Waals surface area contributed by atoms with Crippen molar-refractivity contribution < 1.29 is 9.59 Å². The van der Waals surface area contributed by atoms with Gasteiger partial charge in [0.15, 0.2) is 0 Å². The zero-order valence-corrected chi connectivity index (χ0v) is 7.77. The van der Waals surface area contributed by atoms with E-state index in [0.29, 0.717) is 19.5 Å². The summed E-state index contributed by atoms with van der Waals surface area (Å²) in [5, 5.41) is 5.86. The Morgan fingerprint density at radius 3 is 2.71 bits per heavy atom. The molecular formula is C7H13N5O2. The van der Waals surface area contributed by atoms with Gasteiger partial charge in [-0.3, -0.25) is 9.59 Å². The van der Waals surface area contributed by atoms with Gasteiger partial charge >= 0.3 is 0 Å². The second kappa shape index (κ2) is 7.88. The van der Waals surface area contributed by atoms with Crippen LogP contribution >= 0.6 is 0 Å². The SMILES string of the molecule is [N-]=[N+]=NCCCNC(=O)CCC(N)=O. The number of rotatable bonds is 7. The van der Waals surface area contributed by atoms with Crippen molar-refractivity contribution in [1.82, 2.24) is 5.32 Å². The van der Waals surface area contributed by atoms with Crippen molar-refractivity contribution in [3.05, 3.63) is 10.4 Å². The molecule has 0 bridgehead atoms. The van der Waals surface area contributed by atoms with Crippen molar-refractivity contribution in [3.63, 3.8) is 0 Å². The van der Waals surface area contributed by atoms with Crippen molar-refractivity contribution in [2.24, 2.45) is 10.8 Å². The van der Waals surface area contributed by atoms with E-state index < -0.39 is 5.91 Å². The lowest BCUT2D eigenvalue weighted by Crippen LogP contribution is -2.26. The third-order valence-corrected chi connectivity index (χ3v) is 1.42. The number of hydrogen-bond donors (Lipinski definition) is 2. The minimum absolute atomic E-state index is 0.0577. The second-order valence-corrected chi connectivity index (χ2v) is 2.62. The number of amides is 2. The summed E-state index contributed by atoms with van der Waals surface area (Å²) in [7, 11) is 0. The molecule has 0 spiro atoms. The highest BCUT2D eigenvalue weighted by Crippen LogP contribution is 1.87. The van der Waals surface area contributed by atoms with Crippen LogP contribution in [0.15, 0.2) is 5.11 Å². The van der Waals surface area contributed by atoms with E-state index in [2.05, 4.69) is 15.3 Å². The molecule has 0 radical (unpaired) electrons. The van der Waals surface area contributed by atoms with Crippen molar-refractivity contribution in [1.29, 1.82) is 0 Å². The van der Waals surface area contributed by atoms with E-state index in [4.69, 9.17) is 11.3 Å². The second-order valence-electron chi connectivity index (χ2n) is 2.62. The van der Waals surface area contributed by atoms with Crippen LogP contribution in [0.2, 0.25) is 0 Å². The minimum Gasteiger partial charge on any atom is -0.370 e. The lowest BCUT2D eigenvalue weighted by atomic mass is 10.3. The first-order valence-corrected chi connectivity index (χ1v) is 4.22. The zero-order valence-electron chi connectivity index (χ0n) is 7.77. The third-order valence-electron chi connectivity index (χ3n) is 1.42. The topological polar surface area (TPSA) is 121 Å². The third kappa shape index (κ3) is 8.35. The average molecular weight is 199 g/mol. The zero-order chi connectivity index (χ0) is 10.8.